The van der Waals surface area contributed by atoms with Crippen LogP contribution in [0.1, 0.15) is 23.7 Å². The number of anilines is 1. The van der Waals surface area contributed by atoms with Gasteiger partial charge in [-0.05, 0) is 30.3 Å². The molecule has 0 radical (unpaired) electrons. The van der Waals surface area contributed by atoms with Gasteiger partial charge in [-0.3, -0.25) is 14.4 Å². The fourth-order valence-electron chi connectivity index (χ4n) is 5.40. The number of para-hydroxylation sites is 1. The summed E-state index contributed by atoms with van der Waals surface area (Å²) in [6.45, 7) is 6.73. The predicted molar refractivity (Wildman–Crippen MR) is 148 cm³/mol. The molecule has 198 valence electrons. The number of fused-ring (bicyclic) bond motifs is 1. The van der Waals surface area contributed by atoms with Crippen LogP contribution in [0, 0.1) is 11.3 Å². The molecular weight excluding hydrogens is 523 g/mol. The van der Waals surface area contributed by atoms with Crippen molar-refractivity contribution >= 4 is 34.8 Å². The molecule has 8 nitrogen and oxygen atoms in total. The first kappa shape index (κ1) is 26.5. The molecule has 1 atom stereocenters. The zero-order chi connectivity index (χ0) is 26.8. The van der Waals surface area contributed by atoms with Crippen molar-refractivity contribution in [3.63, 3.8) is 0 Å². The molecular formula is C28H30Cl2N6O2. The maximum atomic E-state index is 12.1. The second kappa shape index (κ2) is 11.3. The lowest BCUT2D eigenvalue weighted by molar-refractivity contribution is -0.129. The van der Waals surface area contributed by atoms with Crippen molar-refractivity contribution in [2.24, 2.45) is 0 Å². The molecule has 2 aromatic carbocycles. The van der Waals surface area contributed by atoms with Gasteiger partial charge in [-0.15, -0.1) is 0 Å². The number of aliphatic hydroxyl groups is 1. The van der Waals surface area contributed by atoms with Crippen LogP contribution in [-0.4, -0.2) is 76.0 Å². The van der Waals surface area contributed by atoms with Gasteiger partial charge in [-0.2, -0.15) is 10.4 Å². The van der Waals surface area contributed by atoms with Crippen LogP contribution in [0.5, 0.6) is 0 Å². The summed E-state index contributed by atoms with van der Waals surface area (Å²) < 4.78 is 1.89. The van der Waals surface area contributed by atoms with Gasteiger partial charge in [0.05, 0.1) is 29.6 Å². The van der Waals surface area contributed by atoms with E-state index in [0.29, 0.717) is 48.2 Å². The summed E-state index contributed by atoms with van der Waals surface area (Å²) in [5.41, 5.74) is 5.20. The Morgan fingerprint density at radius 3 is 2.47 bits per heavy atom. The summed E-state index contributed by atoms with van der Waals surface area (Å²) in [6.07, 6.45) is 0.0541. The van der Waals surface area contributed by atoms with Crippen molar-refractivity contribution < 1.29 is 9.90 Å². The second-order valence-corrected chi connectivity index (χ2v) is 10.7. The molecule has 1 unspecified atom stereocenters. The monoisotopic (exact) mass is 552 g/mol. The topological polar surface area (TPSA) is 88.6 Å². The smallest absolute Gasteiger partial charge is 0.219 e. The quantitative estimate of drug-likeness (QED) is 0.500. The van der Waals surface area contributed by atoms with E-state index in [1.165, 1.54) is 0 Å². The van der Waals surface area contributed by atoms with E-state index in [1.807, 2.05) is 46.0 Å². The van der Waals surface area contributed by atoms with Crippen LogP contribution in [0.4, 0.5) is 5.69 Å². The zero-order valence-electron chi connectivity index (χ0n) is 21.3. The van der Waals surface area contributed by atoms with Gasteiger partial charge >= 0.3 is 0 Å². The minimum Gasteiger partial charge on any atom is -0.390 e. The minimum absolute atomic E-state index is 0.0232. The van der Waals surface area contributed by atoms with Crippen molar-refractivity contribution in [1.82, 2.24) is 19.6 Å². The Kier molecular flexibility index (Phi) is 7.91. The van der Waals surface area contributed by atoms with E-state index in [9.17, 15) is 15.2 Å². The van der Waals surface area contributed by atoms with Crippen LogP contribution in [0.15, 0.2) is 42.5 Å². The van der Waals surface area contributed by atoms with Crippen molar-refractivity contribution in [3.8, 4) is 17.3 Å². The number of halogens is 2. The van der Waals surface area contributed by atoms with Gasteiger partial charge in [0.15, 0.2) is 0 Å². The molecule has 3 heterocycles. The molecule has 0 bridgehead atoms. The number of β-amino-alcohol motifs (C(OH)–C–C–N with tert-alkyl or cyclic N) is 1. The molecule has 2 aliphatic heterocycles. The van der Waals surface area contributed by atoms with E-state index in [0.717, 1.165) is 54.4 Å². The fourth-order valence-corrected chi connectivity index (χ4v) is 5.93. The summed E-state index contributed by atoms with van der Waals surface area (Å²) in [7, 11) is 0. The van der Waals surface area contributed by atoms with Gasteiger partial charge < -0.3 is 14.9 Å². The van der Waals surface area contributed by atoms with Crippen LogP contribution in [0.2, 0.25) is 10.0 Å². The molecule has 5 rings (SSSR count). The SMILES string of the molecule is CC(=O)N1CCc2c(c(-c3cc(Cl)cc(Cl)c3)nn2CC(O)CN2CCN(c3ccccc3C#N)CC2)C1. The number of rotatable bonds is 6. The number of carbonyl (C=O) groups is 1. The van der Waals surface area contributed by atoms with Crippen molar-refractivity contribution in [2.75, 3.05) is 44.2 Å². The van der Waals surface area contributed by atoms with Gasteiger partial charge in [0, 0.05) is 86.0 Å². The Bertz CT molecular complexity index is 1360. The van der Waals surface area contributed by atoms with Crippen LogP contribution in [-0.2, 0) is 24.3 Å². The van der Waals surface area contributed by atoms with E-state index < -0.39 is 6.10 Å². The summed E-state index contributed by atoms with van der Waals surface area (Å²) in [5.74, 6) is 0.0232. The Balaban J connectivity index is 1.30. The number of nitrogens with zero attached hydrogens (tertiary/aromatic N) is 6. The first-order chi connectivity index (χ1) is 18.3. The summed E-state index contributed by atoms with van der Waals surface area (Å²) in [4.78, 5) is 18.4. The molecule has 0 saturated carbocycles. The highest BCUT2D eigenvalue weighted by atomic mass is 35.5. The van der Waals surface area contributed by atoms with Crippen LogP contribution in [0.25, 0.3) is 11.3 Å². The van der Waals surface area contributed by atoms with Gasteiger partial charge in [-0.1, -0.05) is 35.3 Å². The number of benzene rings is 2. The number of carbonyl (C=O) groups excluding carboxylic acids is 1. The lowest BCUT2D eigenvalue weighted by atomic mass is 10.0. The predicted octanol–water partition coefficient (Wildman–Crippen LogP) is 3.82. The number of aromatic nitrogens is 2. The third kappa shape index (κ3) is 5.67. The first-order valence-electron chi connectivity index (χ1n) is 12.8. The molecule has 38 heavy (non-hydrogen) atoms. The average Bonchev–Trinajstić information content (AvgIpc) is 3.26. The van der Waals surface area contributed by atoms with Gasteiger partial charge in [0.25, 0.3) is 0 Å². The normalized spacial score (nSPS) is 16.7. The number of hydrogen-bond donors (Lipinski definition) is 1. The Hall–Kier alpha value is -3.09. The highest BCUT2D eigenvalue weighted by Crippen LogP contribution is 2.33. The Labute approximate surface area is 232 Å². The maximum absolute atomic E-state index is 12.1. The molecule has 1 amide bonds. The Morgan fingerprint density at radius 2 is 1.79 bits per heavy atom. The number of aliphatic hydroxyl groups excluding tert-OH is 1. The largest absolute Gasteiger partial charge is 0.390 e. The lowest BCUT2D eigenvalue weighted by Crippen LogP contribution is -2.49. The van der Waals surface area contributed by atoms with E-state index >= 15 is 0 Å². The summed E-state index contributed by atoms with van der Waals surface area (Å²) in [5, 5.41) is 26.4. The molecule has 1 aromatic heterocycles. The molecule has 2 aliphatic rings. The number of nitriles is 1. The zero-order valence-corrected chi connectivity index (χ0v) is 22.8. The first-order valence-corrected chi connectivity index (χ1v) is 13.5. The molecule has 1 saturated heterocycles. The van der Waals surface area contributed by atoms with Crippen molar-refractivity contribution in [3.05, 3.63) is 69.3 Å². The summed E-state index contributed by atoms with van der Waals surface area (Å²) >= 11 is 12.6. The molecule has 3 aromatic rings. The van der Waals surface area contributed by atoms with Gasteiger partial charge in [-0.25, -0.2) is 0 Å². The third-order valence-corrected chi connectivity index (χ3v) is 7.74. The minimum atomic E-state index is -0.612. The van der Waals surface area contributed by atoms with E-state index in [2.05, 4.69) is 15.9 Å². The van der Waals surface area contributed by atoms with Gasteiger partial charge in [0.2, 0.25) is 5.91 Å². The molecule has 1 fully saturated rings. The number of hydrogen-bond acceptors (Lipinski definition) is 6. The van der Waals surface area contributed by atoms with E-state index in [4.69, 9.17) is 28.3 Å². The van der Waals surface area contributed by atoms with Crippen LogP contribution in [0.3, 0.4) is 0 Å². The Morgan fingerprint density at radius 1 is 1.08 bits per heavy atom. The highest BCUT2D eigenvalue weighted by Gasteiger charge is 2.28. The third-order valence-electron chi connectivity index (χ3n) is 7.31. The van der Waals surface area contributed by atoms with E-state index in [-0.39, 0.29) is 5.91 Å². The van der Waals surface area contributed by atoms with E-state index in [1.54, 1.807) is 13.0 Å². The molecule has 1 N–H and O–H groups in total. The van der Waals surface area contributed by atoms with Crippen molar-refractivity contribution in [2.45, 2.75) is 32.5 Å². The molecule has 0 spiro atoms. The number of piperazine rings is 1. The van der Waals surface area contributed by atoms with Gasteiger partial charge in [0.1, 0.15) is 6.07 Å². The maximum Gasteiger partial charge on any atom is 0.219 e. The lowest BCUT2D eigenvalue weighted by Gasteiger charge is -2.37. The summed E-state index contributed by atoms with van der Waals surface area (Å²) in [6, 6.07) is 15.3. The van der Waals surface area contributed by atoms with Crippen molar-refractivity contribution in [1.29, 1.82) is 5.26 Å². The molecule has 0 aliphatic carbocycles. The van der Waals surface area contributed by atoms with Crippen LogP contribution < -0.4 is 4.90 Å². The second-order valence-electron chi connectivity index (χ2n) is 9.88. The van der Waals surface area contributed by atoms with Crippen LogP contribution >= 0.6 is 23.2 Å². The fraction of sp³-hybridized carbons (Fsp3) is 0.393. The standard InChI is InChI=1S/C28H30Cl2N6O2/c1-19(37)35-7-6-27-25(18-35)28(21-12-22(29)14-23(30)13-21)32-36(27)17-24(38)16-33-8-10-34(11-9-33)26-5-3-2-4-20(26)15-31/h2-5,12-14,24,38H,6-11,16-18H2,1H3. The highest BCUT2D eigenvalue weighted by molar-refractivity contribution is 6.35. The average molecular weight is 553 g/mol. The molecule has 10 heteroatoms. The number of amides is 1.